The molecule has 3 aromatic rings. The van der Waals surface area contributed by atoms with Gasteiger partial charge >= 0.3 is 0 Å². The number of aryl methyl sites for hydroxylation is 1. The lowest BCUT2D eigenvalue weighted by Crippen LogP contribution is -2.27. The molecule has 0 spiro atoms. The molecule has 1 unspecified atom stereocenters. The van der Waals surface area contributed by atoms with E-state index in [1.165, 1.54) is 0 Å². The summed E-state index contributed by atoms with van der Waals surface area (Å²) >= 11 is 0. The van der Waals surface area contributed by atoms with E-state index in [1.54, 1.807) is 12.4 Å². The molecule has 1 amide bonds. The molecule has 0 aliphatic heterocycles. The fourth-order valence-electron chi connectivity index (χ4n) is 2.24. The van der Waals surface area contributed by atoms with Crippen LogP contribution >= 0.6 is 0 Å². The molecule has 102 valence electrons. The molecular weight excluding hydrogens is 254 g/mol. The zero-order valence-corrected chi connectivity index (χ0v) is 11.3. The van der Waals surface area contributed by atoms with Gasteiger partial charge in [-0.05, 0) is 19.9 Å². The number of nitrogens with zero attached hydrogens (tertiary/aromatic N) is 1. The second-order valence-corrected chi connectivity index (χ2v) is 4.72. The lowest BCUT2D eigenvalue weighted by atomic mass is 10.1. The quantitative estimate of drug-likeness (QED) is 0.768. The number of H-pyrrole nitrogens is 1. The SMILES string of the molecule is Cc1c(C(=O)NC(C)c2ncc[nH]2)oc2ccccc12. The summed E-state index contributed by atoms with van der Waals surface area (Å²) in [6.45, 7) is 3.76. The highest BCUT2D eigenvalue weighted by Gasteiger charge is 2.20. The first kappa shape index (κ1) is 12.5. The molecule has 0 radical (unpaired) electrons. The number of carbonyl (C=O) groups is 1. The minimum absolute atomic E-state index is 0.204. The van der Waals surface area contributed by atoms with Crippen LogP contribution in [0, 0.1) is 6.92 Å². The Labute approximate surface area is 116 Å². The van der Waals surface area contributed by atoms with Crippen LogP contribution < -0.4 is 5.32 Å². The van der Waals surface area contributed by atoms with Gasteiger partial charge in [0.2, 0.25) is 0 Å². The first-order valence-corrected chi connectivity index (χ1v) is 6.45. The maximum atomic E-state index is 12.3. The van der Waals surface area contributed by atoms with Gasteiger partial charge in [-0.15, -0.1) is 0 Å². The van der Waals surface area contributed by atoms with E-state index in [-0.39, 0.29) is 11.9 Å². The average Bonchev–Trinajstić information content (AvgIpc) is 3.07. The van der Waals surface area contributed by atoms with Gasteiger partial charge in [-0.3, -0.25) is 4.79 Å². The highest BCUT2D eigenvalue weighted by molar-refractivity contribution is 5.99. The number of nitrogens with one attached hydrogen (secondary N) is 2. The summed E-state index contributed by atoms with van der Waals surface area (Å²) in [5.74, 6) is 0.833. The average molecular weight is 269 g/mol. The molecule has 0 saturated carbocycles. The van der Waals surface area contributed by atoms with E-state index >= 15 is 0 Å². The summed E-state index contributed by atoms with van der Waals surface area (Å²) in [6.07, 6.45) is 3.38. The summed E-state index contributed by atoms with van der Waals surface area (Å²) in [4.78, 5) is 19.4. The molecule has 0 saturated heterocycles. The molecule has 5 nitrogen and oxygen atoms in total. The number of rotatable bonds is 3. The van der Waals surface area contributed by atoms with E-state index in [2.05, 4.69) is 15.3 Å². The number of fused-ring (bicyclic) bond motifs is 1. The Bertz CT molecular complexity index is 744. The third kappa shape index (κ3) is 2.07. The van der Waals surface area contributed by atoms with Crippen LogP contribution in [-0.4, -0.2) is 15.9 Å². The maximum Gasteiger partial charge on any atom is 0.287 e. The zero-order valence-electron chi connectivity index (χ0n) is 11.3. The highest BCUT2D eigenvalue weighted by atomic mass is 16.3. The Kier molecular flexibility index (Phi) is 3.02. The molecule has 3 rings (SSSR count). The van der Waals surface area contributed by atoms with Crippen molar-refractivity contribution in [2.24, 2.45) is 0 Å². The van der Waals surface area contributed by atoms with Gasteiger partial charge in [0, 0.05) is 23.3 Å². The van der Waals surface area contributed by atoms with Crippen LogP contribution in [0.15, 0.2) is 41.1 Å². The Morgan fingerprint density at radius 1 is 1.40 bits per heavy atom. The van der Waals surface area contributed by atoms with Crippen LogP contribution in [0.5, 0.6) is 0 Å². The van der Waals surface area contributed by atoms with Gasteiger partial charge in [-0.25, -0.2) is 4.98 Å². The second-order valence-electron chi connectivity index (χ2n) is 4.72. The van der Waals surface area contributed by atoms with Crippen molar-refractivity contribution in [3.63, 3.8) is 0 Å². The predicted octanol–water partition coefficient (Wildman–Crippen LogP) is 2.96. The minimum Gasteiger partial charge on any atom is -0.451 e. The molecule has 2 aromatic heterocycles. The molecule has 20 heavy (non-hydrogen) atoms. The third-order valence-electron chi connectivity index (χ3n) is 3.33. The molecule has 0 bridgehead atoms. The smallest absolute Gasteiger partial charge is 0.287 e. The van der Waals surface area contributed by atoms with Crippen molar-refractivity contribution in [2.45, 2.75) is 19.9 Å². The van der Waals surface area contributed by atoms with Gasteiger partial charge < -0.3 is 14.7 Å². The second kappa shape index (κ2) is 4.85. The van der Waals surface area contributed by atoms with Gasteiger partial charge in [0.05, 0.1) is 6.04 Å². The Balaban J connectivity index is 1.87. The standard InChI is InChI=1S/C15H15N3O2/c1-9-11-5-3-4-6-12(11)20-13(9)15(19)18-10(2)14-16-7-8-17-14/h3-8,10H,1-2H3,(H,16,17)(H,18,19). The van der Waals surface area contributed by atoms with E-state index in [0.29, 0.717) is 11.6 Å². The number of aromatic nitrogens is 2. The first-order valence-electron chi connectivity index (χ1n) is 6.45. The van der Waals surface area contributed by atoms with Crippen molar-refractivity contribution >= 4 is 16.9 Å². The number of furan rings is 1. The van der Waals surface area contributed by atoms with E-state index in [1.807, 2.05) is 38.1 Å². The number of para-hydroxylation sites is 1. The topological polar surface area (TPSA) is 70.9 Å². The largest absolute Gasteiger partial charge is 0.451 e. The monoisotopic (exact) mass is 269 g/mol. The van der Waals surface area contributed by atoms with E-state index < -0.39 is 0 Å². The summed E-state index contributed by atoms with van der Waals surface area (Å²) in [5.41, 5.74) is 1.57. The maximum absolute atomic E-state index is 12.3. The van der Waals surface area contributed by atoms with Gasteiger partial charge in [0.1, 0.15) is 11.4 Å². The number of amides is 1. The number of hydrogen-bond donors (Lipinski definition) is 2. The summed E-state index contributed by atoms with van der Waals surface area (Å²) < 4.78 is 5.64. The third-order valence-corrected chi connectivity index (χ3v) is 3.33. The number of benzene rings is 1. The predicted molar refractivity (Wildman–Crippen MR) is 75.4 cm³/mol. The molecule has 2 N–H and O–H groups in total. The lowest BCUT2D eigenvalue weighted by Gasteiger charge is -2.10. The number of aromatic amines is 1. The van der Waals surface area contributed by atoms with Crippen molar-refractivity contribution in [1.29, 1.82) is 0 Å². The van der Waals surface area contributed by atoms with Crippen molar-refractivity contribution < 1.29 is 9.21 Å². The van der Waals surface area contributed by atoms with Crippen LogP contribution in [0.2, 0.25) is 0 Å². The van der Waals surface area contributed by atoms with E-state index in [0.717, 1.165) is 16.5 Å². The number of hydrogen-bond acceptors (Lipinski definition) is 3. The molecule has 2 heterocycles. The fraction of sp³-hybridized carbons (Fsp3) is 0.200. The fourth-order valence-corrected chi connectivity index (χ4v) is 2.24. The van der Waals surface area contributed by atoms with E-state index in [9.17, 15) is 4.79 Å². The van der Waals surface area contributed by atoms with Gasteiger partial charge in [-0.2, -0.15) is 0 Å². The minimum atomic E-state index is -0.234. The molecular formula is C15H15N3O2. The Hall–Kier alpha value is -2.56. The molecule has 0 aliphatic rings. The lowest BCUT2D eigenvalue weighted by molar-refractivity contribution is 0.0911. The molecule has 1 aromatic carbocycles. The van der Waals surface area contributed by atoms with Crippen LogP contribution in [-0.2, 0) is 0 Å². The molecule has 5 heteroatoms. The van der Waals surface area contributed by atoms with Gasteiger partial charge in [0.25, 0.3) is 5.91 Å². The number of carbonyl (C=O) groups excluding carboxylic acids is 1. The van der Waals surface area contributed by atoms with Gasteiger partial charge in [0.15, 0.2) is 5.76 Å². The van der Waals surface area contributed by atoms with Crippen LogP contribution in [0.25, 0.3) is 11.0 Å². The first-order chi connectivity index (χ1) is 9.66. The van der Waals surface area contributed by atoms with Crippen LogP contribution in [0.3, 0.4) is 0 Å². The van der Waals surface area contributed by atoms with Crippen molar-refractivity contribution in [3.8, 4) is 0 Å². The normalized spacial score (nSPS) is 12.5. The highest BCUT2D eigenvalue weighted by Crippen LogP contribution is 2.25. The Morgan fingerprint density at radius 3 is 2.90 bits per heavy atom. The summed E-state index contributed by atoms with van der Waals surface area (Å²) in [7, 11) is 0. The van der Waals surface area contributed by atoms with Crippen molar-refractivity contribution in [3.05, 3.63) is 53.8 Å². The van der Waals surface area contributed by atoms with Crippen molar-refractivity contribution in [1.82, 2.24) is 15.3 Å². The van der Waals surface area contributed by atoms with Crippen LogP contribution in [0.1, 0.15) is 34.9 Å². The zero-order chi connectivity index (χ0) is 14.1. The molecule has 0 aliphatic carbocycles. The van der Waals surface area contributed by atoms with Crippen molar-refractivity contribution in [2.75, 3.05) is 0 Å². The van der Waals surface area contributed by atoms with Crippen LogP contribution in [0.4, 0.5) is 0 Å². The molecule has 1 atom stereocenters. The Morgan fingerprint density at radius 2 is 2.20 bits per heavy atom. The van der Waals surface area contributed by atoms with E-state index in [4.69, 9.17) is 4.42 Å². The summed E-state index contributed by atoms with van der Waals surface area (Å²) in [6, 6.07) is 7.41. The summed E-state index contributed by atoms with van der Waals surface area (Å²) in [5, 5.41) is 3.84. The number of imidazole rings is 1. The molecule has 0 fully saturated rings. The van der Waals surface area contributed by atoms with Gasteiger partial charge in [-0.1, -0.05) is 18.2 Å².